The Labute approximate surface area is 230 Å². The van der Waals surface area contributed by atoms with Crippen molar-refractivity contribution in [3.05, 3.63) is 53.3 Å². The summed E-state index contributed by atoms with van der Waals surface area (Å²) < 4.78 is 9.21. The van der Waals surface area contributed by atoms with E-state index in [1.807, 2.05) is 23.2 Å². The van der Waals surface area contributed by atoms with Gasteiger partial charge >= 0.3 is 11.4 Å². The van der Waals surface area contributed by atoms with E-state index in [1.165, 1.54) is 16.2 Å². The molecule has 0 aromatic carbocycles. The van der Waals surface area contributed by atoms with Crippen LogP contribution in [0.5, 0.6) is 0 Å². The Morgan fingerprint density at radius 2 is 1.10 bits per heavy atom. The van der Waals surface area contributed by atoms with E-state index in [9.17, 15) is 19.2 Å². The van der Waals surface area contributed by atoms with Crippen molar-refractivity contribution in [3.63, 3.8) is 0 Å². The van der Waals surface area contributed by atoms with Crippen molar-refractivity contribution in [1.82, 2.24) is 37.6 Å². The lowest BCUT2D eigenvalue weighted by molar-refractivity contribution is 0.502. The molecule has 12 heteroatoms. The second-order valence-corrected chi connectivity index (χ2v) is 11.5. The molecule has 4 heterocycles. The normalized spacial score (nSPS) is 16.8. The third kappa shape index (κ3) is 3.78. The van der Waals surface area contributed by atoms with Crippen molar-refractivity contribution < 1.29 is 0 Å². The van der Waals surface area contributed by atoms with Gasteiger partial charge in [0.05, 0.1) is 0 Å². The number of imidazole rings is 2. The number of hydrogen-bond acceptors (Lipinski definition) is 6. The molecule has 12 nitrogen and oxygen atoms in total. The van der Waals surface area contributed by atoms with Crippen molar-refractivity contribution in [2.45, 2.75) is 103 Å². The zero-order valence-electron chi connectivity index (χ0n) is 23.9. The Kier molecular flexibility index (Phi) is 6.66. The van der Waals surface area contributed by atoms with Gasteiger partial charge in [0, 0.05) is 39.0 Å². The van der Waals surface area contributed by atoms with Gasteiger partial charge in [-0.15, -0.1) is 0 Å². The Hall–Kier alpha value is -3.70. The first-order valence-corrected chi connectivity index (χ1v) is 14.7. The highest BCUT2D eigenvalue weighted by Gasteiger charge is 2.34. The van der Waals surface area contributed by atoms with Crippen molar-refractivity contribution >= 4 is 22.3 Å². The Balaban J connectivity index is 1.85. The first kappa shape index (κ1) is 26.5. The van der Waals surface area contributed by atoms with Crippen LogP contribution in [0.1, 0.15) is 102 Å². The molecule has 2 aliphatic carbocycles. The third-order valence-electron chi connectivity index (χ3n) is 8.81. The smallest absolute Gasteiger partial charge is 0.279 e. The van der Waals surface area contributed by atoms with Crippen molar-refractivity contribution in [2.24, 2.45) is 14.1 Å². The summed E-state index contributed by atoms with van der Waals surface area (Å²) in [5, 5.41) is 0. The molecule has 0 bridgehead atoms. The summed E-state index contributed by atoms with van der Waals surface area (Å²) >= 11 is 0. The average molecular weight is 551 g/mol. The molecule has 0 aliphatic heterocycles. The number of hydrogen-bond donors (Lipinski definition) is 0. The molecule has 0 N–H and O–H groups in total. The second-order valence-electron chi connectivity index (χ2n) is 11.5. The van der Waals surface area contributed by atoms with Crippen LogP contribution in [-0.4, -0.2) is 37.6 Å². The van der Waals surface area contributed by atoms with E-state index >= 15 is 0 Å². The lowest BCUT2D eigenvalue weighted by Crippen LogP contribution is -2.41. The molecule has 4 aromatic rings. The topological polar surface area (TPSA) is 124 Å². The quantitative estimate of drug-likeness (QED) is 0.348. The summed E-state index contributed by atoms with van der Waals surface area (Å²) in [6, 6.07) is 0. The monoisotopic (exact) mass is 550 g/mol. The molecule has 0 spiro atoms. The standard InChI is InChI=1S/C28H38N8O4/c1-5-15-33-24-20(26(38)34(16-6-2)28(33)40)30-22(18-13-9-10-14-18)36(24)35-21(17-11-7-8-12-17)29-19-23(35)31(3)27(39)32(4)25(19)37/h17-18H,5-16H2,1-4H3. The van der Waals surface area contributed by atoms with Crippen LogP contribution in [-0.2, 0) is 27.2 Å². The molecule has 6 rings (SSSR count). The maximum Gasteiger partial charge on any atom is 0.332 e. The van der Waals surface area contributed by atoms with Crippen LogP contribution < -0.4 is 22.5 Å². The highest BCUT2D eigenvalue weighted by Crippen LogP contribution is 2.38. The van der Waals surface area contributed by atoms with E-state index in [0.717, 1.165) is 55.9 Å². The van der Waals surface area contributed by atoms with Crippen LogP contribution in [0.15, 0.2) is 19.2 Å². The highest BCUT2D eigenvalue weighted by molar-refractivity contribution is 5.75. The van der Waals surface area contributed by atoms with Crippen LogP contribution in [0, 0.1) is 0 Å². The van der Waals surface area contributed by atoms with Crippen LogP contribution in [0.2, 0.25) is 0 Å². The SMILES string of the molecule is CCCn1c(=O)c2nc(C3CCCC3)n(-n3c(C4CCCC4)nc4c(=O)n(C)c(=O)n(C)c43)c2n(CCC)c1=O. The minimum Gasteiger partial charge on any atom is -0.279 e. The zero-order chi connectivity index (χ0) is 28.3. The molecule has 0 unspecified atom stereocenters. The second kappa shape index (κ2) is 10.0. The van der Waals surface area contributed by atoms with Gasteiger partial charge in [0.2, 0.25) is 0 Å². The van der Waals surface area contributed by atoms with Gasteiger partial charge < -0.3 is 0 Å². The van der Waals surface area contributed by atoms with Gasteiger partial charge in [-0.05, 0) is 38.5 Å². The average Bonchev–Trinajstić information content (AvgIpc) is 3.75. The summed E-state index contributed by atoms with van der Waals surface area (Å²) in [4.78, 5) is 64.1. The molecule has 4 aromatic heterocycles. The van der Waals surface area contributed by atoms with Gasteiger partial charge in [-0.2, -0.15) is 0 Å². The van der Waals surface area contributed by atoms with Crippen LogP contribution in [0.3, 0.4) is 0 Å². The fourth-order valence-corrected chi connectivity index (χ4v) is 6.82. The minimum atomic E-state index is -0.459. The van der Waals surface area contributed by atoms with Crippen LogP contribution in [0.25, 0.3) is 22.3 Å². The fraction of sp³-hybridized carbons (Fsp3) is 0.643. The number of nitrogens with zero attached hydrogens (tertiary/aromatic N) is 8. The van der Waals surface area contributed by atoms with Gasteiger partial charge in [-0.1, -0.05) is 39.5 Å². The molecule has 0 amide bonds. The first-order chi connectivity index (χ1) is 19.3. The summed E-state index contributed by atoms with van der Waals surface area (Å²) in [7, 11) is 3.10. The molecule has 214 valence electrons. The van der Waals surface area contributed by atoms with Gasteiger partial charge in [0.15, 0.2) is 22.3 Å². The maximum atomic E-state index is 13.8. The predicted molar refractivity (Wildman–Crippen MR) is 152 cm³/mol. The van der Waals surface area contributed by atoms with Crippen LogP contribution in [0.4, 0.5) is 0 Å². The Morgan fingerprint density at radius 3 is 1.62 bits per heavy atom. The maximum absolute atomic E-state index is 13.8. The third-order valence-corrected chi connectivity index (χ3v) is 8.81. The summed E-state index contributed by atoms with van der Waals surface area (Å²) in [5.41, 5.74) is -0.454. The molecule has 2 aliphatic rings. The highest BCUT2D eigenvalue weighted by atomic mass is 16.2. The first-order valence-electron chi connectivity index (χ1n) is 14.7. The summed E-state index contributed by atoms with van der Waals surface area (Å²) in [6.07, 6.45) is 9.17. The fourth-order valence-electron chi connectivity index (χ4n) is 6.82. The largest absolute Gasteiger partial charge is 0.332 e. The van der Waals surface area contributed by atoms with E-state index < -0.39 is 16.8 Å². The Morgan fingerprint density at radius 1 is 0.625 bits per heavy atom. The van der Waals surface area contributed by atoms with Gasteiger partial charge in [-0.3, -0.25) is 27.9 Å². The summed E-state index contributed by atoms with van der Waals surface area (Å²) in [6.45, 7) is 4.65. The van der Waals surface area contributed by atoms with E-state index in [4.69, 9.17) is 9.97 Å². The van der Waals surface area contributed by atoms with Crippen LogP contribution >= 0.6 is 0 Å². The van der Waals surface area contributed by atoms with E-state index in [0.29, 0.717) is 48.9 Å². The molecule has 40 heavy (non-hydrogen) atoms. The number of rotatable bonds is 7. The molecule has 0 atom stereocenters. The molecule has 2 fully saturated rings. The van der Waals surface area contributed by atoms with Crippen molar-refractivity contribution in [3.8, 4) is 0 Å². The van der Waals surface area contributed by atoms with E-state index in [2.05, 4.69) is 0 Å². The number of aryl methyl sites for hydroxylation is 2. The van der Waals surface area contributed by atoms with Crippen molar-refractivity contribution in [2.75, 3.05) is 0 Å². The number of aromatic nitrogens is 8. The van der Waals surface area contributed by atoms with E-state index in [-0.39, 0.29) is 28.6 Å². The van der Waals surface area contributed by atoms with Crippen molar-refractivity contribution in [1.29, 1.82) is 0 Å². The molecular weight excluding hydrogens is 512 g/mol. The number of fused-ring (bicyclic) bond motifs is 2. The van der Waals surface area contributed by atoms with Gasteiger partial charge in [0.1, 0.15) is 11.6 Å². The summed E-state index contributed by atoms with van der Waals surface area (Å²) in [5.74, 6) is 1.52. The lowest BCUT2D eigenvalue weighted by Gasteiger charge is -2.21. The molecule has 0 radical (unpaired) electrons. The minimum absolute atomic E-state index is 0.0768. The van der Waals surface area contributed by atoms with Gasteiger partial charge in [0.25, 0.3) is 11.1 Å². The van der Waals surface area contributed by atoms with Gasteiger partial charge in [-0.25, -0.2) is 28.9 Å². The zero-order valence-corrected chi connectivity index (χ0v) is 23.9. The van der Waals surface area contributed by atoms with E-state index in [1.54, 1.807) is 11.6 Å². The lowest BCUT2D eigenvalue weighted by atomic mass is 10.1. The molecule has 2 saturated carbocycles. The molecular formula is C28H38N8O4. The predicted octanol–water partition coefficient (Wildman–Crippen LogP) is 2.55. The Bertz CT molecular complexity index is 1850. The molecule has 0 saturated heterocycles.